The fourth-order valence-electron chi connectivity index (χ4n) is 5.71. The van der Waals surface area contributed by atoms with Gasteiger partial charge < -0.3 is 9.84 Å². The number of hydrogen-bond donors (Lipinski definition) is 1. The van der Waals surface area contributed by atoms with Crippen LogP contribution in [0.3, 0.4) is 0 Å². The smallest absolute Gasteiger partial charge is 0.124 e. The second-order valence-corrected chi connectivity index (χ2v) is 11.9. The van der Waals surface area contributed by atoms with Gasteiger partial charge in [0.2, 0.25) is 0 Å². The molecule has 2 nitrogen and oxygen atoms in total. The minimum Gasteiger partial charge on any atom is -0.507 e. The lowest BCUT2D eigenvalue weighted by Crippen LogP contribution is -2.36. The van der Waals surface area contributed by atoms with Crippen LogP contribution in [0.1, 0.15) is 173 Å². The van der Waals surface area contributed by atoms with Crippen LogP contribution >= 0.6 is 0 Å². The molecule has 1 aliphatic heterocycles. The predicted octanol–water partition coefficient (Wildman–Crippen LogP) is 10.6. The van der Waals surface area contributed by atoms with Gasteiger partial charge in [0.25, 0.3) is 0 Å². The fourth-order valence-corrected chi connectivity index (χ4v) is 5.71. The molecule has 0 radical (unpaired) electrons. The maximum Gasteiger partial charge on any atom is 0.124 e. The average molecular weight is 473 g/mol. The SMILES string of the molecule is CCCCCCCCCCCCCCCCC1(C)CCc2c(cc(C(C)C)c(O)c2C(C)C)O1. The van der Waals surface area contributed by atoms with E-state index in [4.69, 9.17) is 4.74 Å². The van der Waals surface area contributed by atoms with Crippen LogP contribution in [-0.4, -0.2) is 10.7 Å². The molecular weight excluding hydrogens is 416 g/mol. The van der Waals surface area contributed by atoms with Crippen LogP contribution in [0, 0.1) is 0 Å². The van der Waals surface area contributed by atoms with Crippen molar-refractivity contribution in [2.75, 3.05) is 0 Å². The molecule has 0 bridgehead atoms. The van der Waals surface area contributed by atoms with E-state index in [0.29, 0.717) is 17.6 Å². The first-order valence-corrected chi connectivity index (χ1v) is 14.9. The van der Waals surface area contributed by atoms with Gasteiger partial charge in [-0.15, -0.1) is 0 Å². The summed E-state index contributed by atoms with van der Waals surface area (Å²) in [5.41, 5.74) is 3.32. The normalized spacial score (nSPS) is 17.9. The van der Waals surface area contributed by atoms with Crippen LogP contribution in [-0.2, 0) is 6.42 Å². The summed E-state index contributed by atoms with van der Waals surface area (Å²) in [6.45, 7) is 13.3. The second kappa shape index (κ2) is 15.0. The Morgan fingerprint density at radius 2 is 1.29 bits per heavy atom. The maximum absolute atomic E-state index is 10.9. The van der Waals surface area contributed by atoms with Crippen LogP contribution in [0.2, 0.25) is 0 Å². The van der Waals surface area contributed by atoms with Gasteiger partial charge in [0.15, 0.2) is 0 Å². The van der Waals surface area contributed by atoms with Gasteiger partial charge in [-0.2, -0.15) is 0 Å². The molecule has 1 aromatic carbocycles. The Hall–Kier alpha value is -1.18. The summed E-state index contributed by atoms with van der Waals surface area (Å²) >= 11 is 0. The molecule has 0 aliphatic carbocycles. The molecule has 0 aromatic heterocycles. The van der Waals surface area contributed by atoms with Crippen molar-refractivity contribution in [1.82, 2.24) is 0 Å². The Kier molecular flexibility index (Phi) is 12.9. The number of ether oxygens (including phenoxy) is 1. The number of rotatable bonds is 17. The van der Waals surface area contributed by atoms with Crippen molar-refractivity contribution >= 4 is 0 Å². The van der Waals surface area contributed by atoms with E-state index in [1.165, 1.54) is 95.5 Å². The highest BCUT2D eigenvalue weighted by Crippen LogP contribution is 2.46. The van der Waals surface area contributed by atoms with Crippen molar-refractivity contribution in [3.8, 4) is 11.5 Å². The van der Waals surface area contributed by atoms with E-state index in [0.717, 1.165) is 36.1 Å². The molecule has 0 fully saturated rings. The van der Waals surface area contributed by atoms with E-state index in [-0.39, 0.29) is 5.60 Å². The minimum atomic E-state index is -0.0659. The highest BCUT2D eigenvalue weighted by atomic mass is 16.5. The van der Waals surface area contributed by atoms with Gasteiger partial charge in [-0.3, -0.25) is 0 Å². The third kappa shape index (κ3) is 9.12. The zero-order valence-electron chi connectivity index (χ0n) is 23.6. The van der Waals surface area contributed by atoms with E-state index < -0.39 is 0 Å². The summed E-state index contributed by atoms with van der Waals surface area (Å²) in [5, 5.41) is 10.9. The number of unbranched alkanes of at least 4 members (excludes halogenated alkanes) is 13. The highest BCUT2D eigenvalue weighted by Gasteiger charge is 2.34. The highest BCUT2D eigenvalue weighted by molar-refractivity contribution is 5.56. The zero-order valence-corrected chi connectivity index (χ0v) is 23.6. The molecule has 2 rings (SSSR count). The molecule has 0 saturated heterocycles. The lowest BCUT2D eigenvalue weighted by Gasteiger charge is -2.38. The first-order valence-electron chi connectivity index (χ1n) is 14.9. The first-order chi connectivity index (χ1) is 16.3. The van der Waals surface area contributed by atoms with Gasteiger partial charge in [0.1, 0.15) is 17.1 Å². The Bertz CT molecular complexity index is 705. The second-order valence-electron chi connectivity index (χ2n) is 11.9. The summed E-state index contributed by atoms with van der Waals surface area (Å²) in [6.07, 6.45) is 22.8. The van der Waals surface area contributed by atoms with Crippen molar-refractivity contribution < 1.29 is 9.84 Å². The van der Waals surface area contributed by atoms with Gasteiger partial charge in [0.05, 0.1) is 0 Å². The molecule has 0 amide bonds. The molecule has 196 valence electrons. The van der Waals surface area contributed by atoms with Crippen molar-refractivity contribution in [2.24, 2.45) is 0 Å². The van der Waals surface area contributed by atoms with E-state index in [9.17, 15) is 5.11 Å². The summed E-state index contributed by atoms with van der Waals surface area (Å²) in [5.74, 6) is 2.14. The van der Waals surface area contributed by atoms with Crippen LogP contribution in [0.4, 0.5) is 0 Å². The molecule has 2 heteroatoms. The van der Waals surface area contributed by atoms with E-state index >= 15 is 0 Å². The quantitative estimate of drug-likeness (QED) is 0.228. The van der Waals surface area contributed by atoms with Gasteiger partial charge in [-0.25, -0.2) is 0 Å². The van der Waals surface area contributed by atoms with Crippen molar-refractivity contribution in [3.63, 3.8) is 0 Å². The molecule has 34 heavy (non-hydrogen) atoms. The number of phenolic OH excluding ortho intramolecular Hbond substituents is 1. The van der Waals surface area contributed by atoms with Crippen LogP contribution in [0.5, 0.6) is 11.5 Å². The molecule has 0 spiro atoms. The summed E-state index contributed by atoms with van der Waals surface area (Å²) in [4.78, 5) is 0. The number of aromatic hydroxyl groups is 1. The van der Waals surface area contributed by atoms with Gasteiger partial charge in [-0.05, 0) is 50.5 Å². The Balaban J connectivity index is 1.67. The third-order valence-corrected chi connectivity index (χ3v) is 7.96. The van der Waals surface area contributed by atoms with Gasteiger partial charge in [0, 0.05) is 16.7 Å². The molecule has 1 aromatic rings. The molecule has 0 saturated carbocycles. The standard InChI is InChI=1S/C32H56O2/c1-7-8-9-10-11-12-13-14-15-16-17-18-19-20-22-32(6)23-21-27-29(34-32)24-28(25(2)3)31(33)30(27)26(4)5/h24-26,33H,7-23H2,1-6H3. The fraction of sp³-hybridized carbons (Fsp3) is 0.812. The molecule has 1 heterocycles. The Morgan fingerprint density at radius 1 is 0.794 bits per heavy atom. The number of fused-ring (bicyclic) bond motifs is 1. The summed E-state index contributed by atoms with van der Waals surface area (Å²) < 4.78 is 6.66. The summed E-state index contributed by atoms with van der Waals surface area (Å²) in [7, 11) is 0. The molecule has 1 atom stereocenters. The van der Waals surface area contributed by atoms with E-state index in [2.05, 4.69) is 47.6 Å². The Morgan fingerprint density at radius 3 is 1.76 bits per heavy atom. The average Bonchev–Trinajstić information content (AvgIpc) is 2.78. The number of hydrogen-bond acceptors (Lipinski definition) is 2. The molecular formula is C32H56O2. The lowest BCUT2D eigenvalue weighted by atomic mass is 9.82. The third-order valence-electron chi connectivity index (χ3n) is 7.96. The van der Waals surface area contributed by atoms with Crippen LogP contribution in [0.15, 0.2) is 6.07 Å². The maximum atomic E-state index is 10.9. The van der Waals surface area contributed by atoms with Gasteiger partial charge >= 0.3 is 0 Å². The minimum absolute atomic E-state index is 0.0659. The number of phenols is 1. The largest absolute Gasteiger partial charge is 0.507 e. The molecule has 1 aliphatic rings. The van der Waals surface area contributed by atoms with Gasteiger partial charge in [-0.1, -0.05) is 118 Å². The van der Waals surface area contributed by atoms with Crippen molar-refractivity contribution in [3.05, 3.63) is 22.8 Å². The van der Waals surface area contributed by atoms with Crippen molar-refractivity contribution in [2.45, 2.75) is 168 Å². The van der Waals surface area contributed by atoms with E-state index in [1.807, 2.05) is 0 Å². The lowest BCUT2D eigenvalue weighted by molar-refractivity contribution is 0.0527. The molecule has 1 unspecified atom stereocenters. The van der Waals surface area contributed by atoms with E-state index in [1.54, 1.807) is 0 Å². The monoisotopic (exact) mass is 472 g/mol. The number of benzene rings is 1. The molecule has 1 N–H and O–H groups in total. The van der Waals surface area contributed by atoms with Crippen LogP contribution in [0.25, 0.3) is 0 Å². The first kappa shape index (κ1) is 29.1. The summed E-state index contributed by atoms with van der Waals surface area (Å²) in [6, 6.07) is 2.13. The van der Waals surface area contributed by atoms with Crippen LogP contribution < -0.4 is 4.74 Å². The topological polar surface area (TPSA) is 29.5 Å². The van der Waals surface area contributed by atoms with Crippen molar-refractivity contribution in [1.29, 1.82) is 0 Å². The predicted molar refractivity (Wildman–Crippen MR) is 149 cm³/mol. The Labute approximate surface area is 212 Å². The zero-order chi connectivity index (χ0) is 25.0.